The molecule has 0 radical (unpaired) electrons. The van der Waals surface area contributed by atoms with Gasteiger partial charge in [0.05, 0.1) is 5.69 Å². The lowest BCUT2D eigenvalue weighted by molar-refractivity contribution is 0.425. The van der Waals surface area contributed by atoms with Gasteiger partial charge >= 0.3 is 0 Å². The zero-order valence-corrected chi connectivity index (χ0v) is 7.58. The Morgan fingerprint density at radius 2 is 1.85 bits per heavy atom. The maximum absolute atomic E-state index is 12.2. The molecule has 0 aliphatic carbocycles. The number of aromatic hydroxyl groups is 2. The van der Waals surface area contributed by atoms with Gasteiger partial charge in [-0.25, -0.2) is 4.39 Å². The minimum Gasteiger partial charge on any atom is -0.507 e. The van der Waals surface area contributed by atoms with Crippen molar-refractivity contribution in [2.75, 3.05) is 19.0 Å². The predicted molar refractivity (Wildman–Crippen MR) is 48.9 cm³/mol. The SMILES string of the molecule is CN(C)c1cc(O)c(CF)cc1O. The summed E-state index contributed by atoms with van der Waals surface area (Å²) in [6.45, 7) is -0.785. The van der Waals surface area contributed by atoms with Crippen LogP contribution in [-0.4, -0.2) is 24.3 Å². The molecule has 0 bridgehead atoms. The second-order valence-electron chi connectivity index (χ2n) is 3.00. The van der Waals surface area contributed by atoms with Crippen molar-refractivity contribution in [1.29, 1.82) is 0 Å². The average molecular weight is 185 g/mol. The summed E-state index contributed by atoms with van der Waals surface area (Å²) in [5, 5.41) is 18.7. The van der Waals surface area contributed by atoms with Crippen LogP contribution in [0.4, 0.5) is 10.1 Å². The van der Waals surface area contributed by atoms with Crippen LogP contribution in [0.2, 0.25) is 0 Å². The van der Waals surface area contributed by atoms with E-state index in [0.717, 1.165) is 0 Å². The molecule has 0 aromatic heterocycles. The molecule has 0 saturated heterocycles. The van der Waals surface area contributed by atoms with Crippen LogP contribution in [0.15, 0.2) is 12.1 Å². The largest absolute Gasteiger partial charge is 0.507 e. The minimum atomic E-state index is -0.785. The van der Waals surface area contributed by atoms with Crippen LogP contribution in [0.5, 0.6) is 11.5 Å². The van der Waals surface area contributed by atoms with Gasteiger partial charge in [0.25, 0.3) is 0 Å². The second-order valence-corrected chi connectivity index (χ2v) is 3.00. The van der Waals surface area contributed by atoms with E-state index in [1.165, 1.54) is 12.1 Å². The zero-order valence-electron chi connectivity index (χ0n) is 7.58. The Morgan fingerprint density at radius 1 is 1.23 bits per heavy atom. The highest BCUT2D eigenvalue weighted by molar-refractivity contribution is 5.62. The summed E-state index contributed by atoms with van der Waals surface area (Å²) >= 11 is 0. The van der Waals surface area contributed by atoms with Gasteiger partial charge in [0.15, 0.2) is 0 Å². The predicted octanol–water partition coefficient (Wildman–Crippen LogP) is 1.63. The molecule has 2 N–H and O–H groups in total. The van der Waals surface area contributed by atoms with Crippen molar-refractivity contribution in [3.63, 3.8) is 0 Å². The Balaban J connectivity index is 3.20. The number of alkyl halides is 1. The summed E-state index contributed by atoms with van der Waals surface area (Å²) in [6.07, 6.45) is 0. The van der Waals surface area contributed by atoms with Crippen LogP contribution >= 0.6 is 0 Å². The maximum atomic E-state index is 12.2. The van der Waals surface area contributed by atoms with E-state index in [0.29, 0.717) is 5.69 Å². The van der Waals surface area contributed by atoms with Crippen molar-refractivity contribution >= 4 is 5.69 Å². The molecule has 0 heterocycles. The molecule has 1 aromatic carbocycles. The molecule has 4 heteroatoms. The third-order valence-corrected chi connectivity index (χ3v) is 1.80. The lowest BCUT2D eigenvalue weighted by atomic mass is 10.1. The summed E-state index contributed by atoms with van der Waals surface area (Å²) in [6, 6.07) is 2.56. The molecule has 0 fully saturated rings. The monoisotopic (exact) mass is 185 g/mol. The van der Waals surface area contributed by atoms with E-state index >= 15 is 0 Å². The van der Waals surface area contributed by atoms with E-state index in [4.69, 9.17) is 0 Å². The van der Waals surface area contributed by atoms with Gasteiger partial charge in [0.2, 0.25) is 0 Å². The first-order chi connectivity index (χ1) is 6.06. The number of benzene rings is 1. The molecule has 0 saturated carbocycles. The highest BCUT2D eigenvalue weighted by Gasteiger charge is 2.09. The van der Waals surface area contributed by atoms with Gasteiger partial charge in [0.1, 0.15) is 18.2 Å². The van der Waals surface area contributed by atoms with Gasteiger partial charge < -0.3 is 15.1 Å². The lowest BCUT2D eigenvalue weighted by Gasteiger charge is -2.15. The van der Waals surface area contributed by atoms with Crippen molar-refractivity contribution in [2.24, 2.45) is 0 Å². The fraction of sp³-hybridized carbons (Fsp3) is 0.333. The number of hydrogen-bond acceptors (Lipinski definition) is 3. The summed E-state index contributed by atoms with van der Waals surface area (Å²) in [4.78, 5) is 1.64. The molecule has 72 valence electrons. The number of phenolic OH excluding ortho intramolecular Hbond substituents is 2. The van der Waals surface area contributed by atoms with E-state index in [9.17, 15) is 14.6 Å². The Kier molecular flexibility index (Phi) is 2.60. The number of nitrogens with zero attached hydrogens (tertiary/aromatic N) is 1. The molecular weight excluding hydrogens is 173 g/mol. The van der Waals surface area contributed by atoms with Crippen molar-refractivity contribution < 1.29 is 14.6 Å². The highest BCUT2D eigenvalue weighted by atomic mass is 19.1. The standard InChI is InChI=1S/C9H12FNO2/c1-11(2)7-4-8(12)6(5-10)3-9(7)13/h3-4,12-13H,5H2,1-2H3. The lowest BCUT2D eigenvalue weighted by Crippen LogP contribution is -2.08. The molecule has 1 aromatic rings. The fourth-order valence-electron chi connectivity index (χ4n) is 1.07. The van der Waals surface area contributed by atoms with Crippen LogP contribution in [-0.2, 0) is 6.67 Å². The first kappa shape index (κ1) is 9.64. The Labute approximate surface area is 76.0 Å². The summed E-state index contributed by atoms with van der Waals surface area (Å²) in [7, 11) is 3.45. The van der Waals surface area contributed by atoms with Gasteiger partial charge in [-0.3, -0.25) is 0 Å². The third-order valence-electron chi connectivity index (χ3n) is 1.80. The number of halogens is 1. The molecule has 13 heavy (non-hydrogen) atoms. The van der Waals surface area contributed by atoms with Crippen molar-refractivity contribution in [2.45, 2.75) is 6.67 Å². The van der Waals surface area contributed by atoms with Crippen molar-refractivity contribution in [3.05, 3.63) is 17.7 Å². The van der Waals surface area contributed by atoms with E-state index in [-0.39, 0.29) is 17.1 Å². The van der Waals surface area contributed by atoms with E-state index < -0.39 is 6.67 Å². The average Bonchev–Trinajstić information content (AvgIpc) is 2.07. The fourth-order valence-corrected chi connectivity index (χ4v) is 1.07. The second kappa shape index (κ2) is 3.51. The number of anilines is 1. The number of phenols is 2. The molecule has 0 spiro atoms. The summed E-state index contributed by atoms with van der Waals surface area (Å²) in [5.74, 6) is -0.167. The molecule has 0 aliphatic heterocycles. The van der Waals surface area contributed by atoms with E-state index in [1.807, 2.05) is 0 Å². The minimum absolute atomic E-state index is 0.0320. The Morgan fingerprint density at radius 3 is 2.31 bits per heavy atom. The first-order valence-corrected chi connectivity index (χ1v) is 3.84. The van der Waals surface area contributed by atoms with Crippen molar-refractivity contribution in [1.82, 2.24) is 0 Å². The molecule has 3 nitrogen and oxygen atoms in total. The molecule has 0 aliphatic rings. The smallest absolute Gasteiger partial charge is 0.139 e. The van der Waals surface area contributed by atoms with Gasteiger partial charge in [-0.05, 0) is 6.07 Å². The van der Waals surface area contributed by atoms with Crippen LogP contribution in [0, 0.1) is 0 Å². The summed E-state index contributed by atoms with van der Waals surface area (Å²) in [5.41, 5.74) is 0.567. The van der Waals surface area contributed by atoms with Crippen LogP contribution < -0.4 is 4.90 Å². The highest BCUT2D eigenvalue weighted by Crippen LogP contribution is 2.33. The zero-order chi connectivity index (χ0) is 10.0. The van der Waals surface area contributed by atoms with E-state index in [1.54, 1.807) is 19.0 Å². The molecule has 0 amide bonds. The van der Waals surface area contributed by atoms with Crippen molar-refractivity contribution in [3.8, 4) is 11.5 Å². The van der Waals surface area contributed by atoms with Gasteiger partial charge in [0, 0.05) is 25.7 Å². The van der Waals surface area contributed by atoms with Crippen LogP contribution in [0.1, 0.15) is 5.56 Å². The Bertz CT molecular complexity index is 313. The van der Waals surface area contributed by atoms with Crippen LogP contribution in [0.25, 0.3) is 0 Å². The quantitative estimate of drug-likeness (QED) is 0.688. The van der Waals surface area contributed by atoms with Gasteiger partial charge in [-0.15, -0.1) is 0 Å². The maximum Gasteiger partial charge on any atom is 0.139 e. The molecule has 1 rings (SSSR count). The molecular formula is C9H12FNO2. The Hall–Kier alpha value is -1.45. The van der Waals surface area contributed by atoms with Gasteiger partial charge in [-0.1, -0.05) is 0 Å². The van der Waals surface area contributed by atoms with E-state index in [2.05, 4.69) is 0 Å². The molecule has 0 atom stereocenters. The topological polar surface area (TPSA) is 43.7 Å². The molecule has 0 unspecified atom stereocenters. The summed E-state index contributed by atoms with van der Waals surface area (Å²) < 4.78 is 12.2. The normalized spacial score (nSPS) is 10.1. The third kappa shape index (κ3) is 1.83. The van der Waals surface area contributed by atoms with Crippen LogP contribution in [0.3, 0.4) is 0 Å². The first-order valence-electron chi connectivity index (χ1n) is 3.84. The number of hydrogen-bond donors (Lipinski definition) is 2. The number of rotatable bonds is 2. The van der Waals surface area contributed by atoms with Gasteiger partial charge in [-0.2, -0.15) is 0 Å².